The Morgan fingerprint density at radius 1 is 1.31 bits per heavy atom. The van der Waals surface area contributed by atoms with Crippen molar-refractivity contribution in [1.82, 2.24) is 9.88 Å². The Kier molecular flexibility index (Phi) is 4.63. The maximum atomic E-state index is 12.8. The molecule has 136 valence electrons. The van der Waals surface area contributed by atoms with Crippen LogP contribution in [0.4, 0.5) is 5.13 Å². The van der Waals surface area contributed by atoms with Crippen molar-refractivity contribution in [3.05, 3.63) is 40.4 Å². The van der Waals surface area contributed by atoms with Crippen molar-refractivity contribution in [3.8, 4) is 5.75 Å². The van der Waals surface area contributed by atoms with E-state index in [2.05, 4.69) is 10.3 Å². The molecule has 1 fully saturated rings. The molecule has 1 aliphatic heterocycles. The lowest BCUT2D eigenvalue weighted by atomic mass is 10.1. The largest absolute Gasteiger partial charge is 0.494 e. The predicted octanol–water partition coefficient (Wildman–Crippen LogP) is 3.09. The van der Waals surface area contributed by atoms with Crippen molar-refractivity contribution in [2.45, 2.75) is 32.7 Å². The number of nitrogens with zero attached hydrogens (tertiary/aromatic N) is 2. The molecule has 0 unspecified atom stereocenters. The number of nitrogens with one attached hydrogen (secondary N) is 1. The second kappa shape index (κ2) is 7.07. The molecule has 2 aromatic rings. The molecule has 0 bridgehead atoms. The Morgan fingerprint density at radius 3 is 2.77 bits per heavy atom. The van der Waals surface area contributed by atoms with E-state index in [1.807, 2.05) is 24.0 Å². The summed E-state index contributed by atoms with van der Waals surface area (Å²) in [5.74, 6) is 1.01. The molecular formula is C19H21N3O3S. The number of thiazole rings is 1. The number of carbonyl (C=O) groups excluding carboxylic acids is 2. The highest BCUT2D eigenvalue weighted by Gasteiger charge is 2.31. The van der Waals surface area contributed by atoms with Gasteiger partial charge in [-0.1, -0.05) is 11.3 Å². The molecule has 1 N–H and O–H groups in total. The first-order valence-corrected chi connectivity index (χ1v) is 9.77. The summed E-state index contributed by atoms with van der Waals surface area (Å²) in [6.45, 7) is 3.71. The average molecular weight is 371 g/mol. The second-order valence-corrected chi connectivity index (χ2v) is 7.67. The van der Waals surface area contributed by atoms with Gasteiger partial charge in [0.1, 0.15) is 5.75 Å². The zero-order chi connectivity index (χ0) is 18.1. The zero-order valence-corrected chi connectivity index (χ0v) is 15.5. The van der Waals surface area contributed by atoms with E-state index >= 15 is 0 Å². The molecule has 26 heavy (non-hydrogen) atoms. The third-order valence-corrected chi connectivity index (χ3v) is 5.61. The van der Waals surface area contributed by atoms with Crippen molar-refractivity contribution >= 4 is 28.3 Å². The van der Waals surface area contributed by atoms with Crippen molar-refractivity contribution < 1.29 is 14.3 Å². The van der Waals surface area contributed by atoms with E-state index < -0.39 is 0 Å². The summed E-state index contributed by atoms with van der Waals surface area (Å²) in [6.07, 6.45) is 2.66. The Hall–Kier alpha value is -2.41. The topological polar surface area (TPSA) is 71.5 Å². The summed E-state index contributed by atoms with van der Waals surface area (Å²) in [7, 11) is 0. The zero-order valence-electron chi connectivity index (χ0n) is 14.7. The molecular weight excluding hydrogens is 350 g/mol. The summed E-state index contributed by atoms with van der Waals surface area (Å²) in [4.78, 5) is 32.1. The highest BCUT2D eigenvalue weighted by molar-refractivity contribution is 7.15. The lowest BCUT2D eigenvalue weighted by Crippen LogP contribution is -2.35. The number of hydrogen-bond acceptors (Lipinski definition) is 5. The molecule has 2 amide bonds. The first kappa shape index (κ1) is 17.0. The summed E-state index contributed by atoms with van der Waals surface area (Å²) in [6, 6.07) is 7.25. The van der Waals surface area contributed by atoms with E-state index in [0.717, 1.165) is 29.2 Å². The summed E-state index contributed by atoms with van der Waals surface area (Å²) >= 11 is 1.48. The van der Waals surface area contributed by atoms with Crippen LogP contribution in [-0.2, 0) is 17.8 Å². The van der Waals surface area contributed by atoms with Crippen LogP contribution < -0.4 is 10.1 Å². The van der Waals surface area contributed by atoms with E-state index in [4.69, 9.17) is 4.74 Å². The first-order chi connectivity index (χ1) is 12.6. The van der Waals surface area contributed by atoms with Gasteiger partial charge < -0.3 is 15.0 Å². The molecule has 2 aliphatic rings. The van der Waals surface area contributed by atoms with Crippen LogP contribution in [0.15, 0.2) is 24.3 Å². The number of fused-ring (bicyclic) bond motifs is 1. The van der Waals surface area contributed by atoms with Crippen LogP contribution in [0.5, 0.6) is 5.75 Å². The van der Waals surface area contributed by atoms with Gasteiger partial charge in [-0.2, -0.15) is 0 Å². The molecule has 7 heteroatoms. The number of aromatic nitrogens is 1. The standard InChI is InChI=1S/C19H21N3O3S/c1-2-25-14-7-5-13(6-8-14)18(24)22-10-9-15-16(11-22)26-19(20-15)21-17(23)12-3-4-12/h5-8,12H,2-4,9-11H2,1H3,(H,20,21,23). The predicted molar refractivity (Wildman–Crippen MR) is 99.5 cm³/mol. The average Bonchev–Trinajstić information content (AvgIpc) is 3.42. The highest BCUT2D eigenvalue weighted by Crippen LogP contribution is 2.33. The second-order valence-electron chi connectivity index (χ2n) is 6.59. The molecule has 1 aromatic carbocycles. The lowest BCUT2D eigenvalue weighted by molar-refractivity contribution is -0.117. The van der Waals surface area contributed by atoms with Crippen LogP contribution in [0.3, 0.4) is 0 Å². The summed E-state index contributed by atoms with van der Waals surface area (Å²) in [5, 5.41) is 3.56. The molecule has 6 nitrogen and oxygen atoms in total. The normalized spacial score (nSPS) is 16.1. The van der Waals surface area contributed by atoms with E-state index in [0.29, 0.717) is 36.8 Å². The number of amides is 2. The van der Waals surface area contributed by atoms with Crippen LogP contribution in [0.2, 0.25) is 0 Å². The maximum Gasteiger partial charge on any atom is 0.254 e. The number of hydrogen-bond donors (Lipinski definition) is 1. The molecule has 4 rings (SSSR count). The third-order valence-electron chi connectivity index (χ3n) is 4.61. The number of rotatable bonds is 5. The number of carbonyl (C=O) groups is 2. The van der Waals surface area contributed by atoms with Gasteiger partial charge in [-0.05, 0) is 44.0 Å². The molecule has 0 radical (unpaired) electrons. The molecule has 2 heterocycles. The molecule has 1 aliphatic carbocycles. The fourth-order valence-corrected chi connectivity index (χ4v) is 4.04. The Bertz CT molecular complexity index is 827. The monoisotopic (exact) mass is 371 g/mol. The van der Waals surface area contributed by atoms with Gasteiger partial charge in [0.25, 0.3) is 5.91 Å². The van der Waals surface area contributed by atoms with Crippen LogP contribution >= 0.6 is 11.3 Å². The fraction of sp³-hybridized carbons (Fsp3) is 0.421. The molecule has 1 saturated carbocycles. The van der Waals surface area contributed by atoms with Gasteiger partial charge in [0.2, 0.25) is 5.91 Å². The molecule has 0 saturated heterocycles. The van der Waals surface area contributed by atoms with Crippen LogP contribution in [0.1, 0.15) is 40.7 Å². The third kappa shape index (κ3) is 3.58. The van der Waals surface area contributed by atoms with Gasteiger partial charge in [-0.15, -0.1) is 0 Å². The van der Waals surface area contributed by atoms with Gasteiger partial charge in [0.15, 0.2) is 5.13 Å². The van der Waals surface area contributed by atoms with Crippen LogP contribution in [-0.4, -0.2) is 34.8 Å². The highest BCUT2D eigenvalue weighted by atomic mass is 32.1. The minimum Gasteiger partial charge on any atom is -0.494 e. The van der Waals surface area contributed by atoms with Gasteiger partial charge in [0, 0.05) is 29.3 Å². The van der Waals surface area contributed by atoms with Crippen molar-refractivity contribution in [2.24, 2.45) is 5.92 Å². The summed E-state index contributed by atoms with van der Waals surface area (Å²) in [5.41, 5.74) is 1.65. The van der Waals surface area contributed by atoms with E-state index in [1.54, 1.807) is 12.1 Å². The van der Waals surface area contributed by atoms with Gasteiger partial charge in [-0.3, -0.25) is 9.59 Å². The molecule has 0 spiro atoms. The van der Waals surface area contributed by atoms with E-state index in [-0.39, 0.29) is 17.7 Å². The van der Waals surface area contributed by atoms with Crippen molar-refractivity contribution in [2.75, 3.05) is 18.5 Å². The molecule has 1 aromatic heterocycles. The Labute approximate surface area is 156 Å². The maximum absolute atomic E-state index is 12.8. The van der Waals surface area contributed by atoms with Crippen molar-refractivity contribution in [3.63, 3.8) is 0 Å². The van der Waals surface area contributed by atoms with Crippen molar-refractivity contribution in [1.29, 1.82) is 0 Å². The van der Waals surface area contributed by atoms with Crippen LogP contribution in [0, 0.1) is 5.92 Å². The van der Waals surface area contributed by atoms with Gasteiger partial charge >= 0.3 is 0 Å². The Balaban J connectivity index is 1.43. The smallest absolute Gasteiger partial charge is 0.254 e. The number of anilines is 1. The quantitative estimate of drug-likeness (QED) is 0.877. The Morgan fingerprint density at radius 2 is 2.08 bits per heavy atom. The SMILES string of the molecule is CCOc1ccc(C(=O)N2CCc3nc(NC(=O)C4CC4)sc3C2)cc1. The number of benzene rings is 1. The van der Waals surface area contributed by atoms with E-state index in [1.165, 1.54) is 11.3 Å². The first-order valence-electron chi connectivity index (χ1n) is 8.95. The fourth-order valence-electron chi connectivity index (χ4n) is 3.02. The van der Waals surface area contributed by atoms with Gasteiger partial charge in [-0.25, -0.2) is 4.98 Å². The van der Waals surface area contributed by atoms with E-state index in [9.17, 15) is 9.59 Å². The lowest BCUT2D eigenvalue weighted by Gasteiger charge is -2.26. The number of ether oxygens (including phenoxy) is 1. The van der Waals surface area contributed by atoms with Crippen LogP contribution in [0.25, 0.3) is 0 Å². The summed E-state index contributed by atoms with van der Waals surface area (Å²) < 4.78 is 5.42. The van der Waals surface area contributed by atoms with Gasteiger partial charge in [0.05, 0.1) is 18.8 Å². The molecule has 0 atom stereocenters. The minimum absolute atomic E-state index is 0.00987. The minimum atomic E-state index is 0.00987.